The van der Waals surface area contributed by atoms with E-state index < -0.39 is 29.8 Å². The van der Waals surface area contributed by atoms with Gasteiger partial charge in [0, 0.05) is 11.6 Å². The molecule has 10 heteroatoms. The van der Waals surface area contributed by atoms with Crippen molar-refractivity contribution >= 4 is 17.6 Å². The van der Waals surface area contributed by atoms with Gasteiger partial charge in [0.05, 0.1) is 18.5 Å². The highest BCUT2D eigenvalue weighted by Gasteiger charge is 2.57. The Morgan fingerprint density at radius 1 is 1.28 bits per heavy atom. The van der Waals surface area contributed by atoms with Gasteiger partial charge >= 0.3 is 12.2 Å². The fourth-order valence-electron chi connectivity index (χ4n) is 3.26. The maximum absolute atomic E-state index is 13.4. The number of anilines is 1. The van der Waals surface area contributed by atoms with Crippen LogP contribution in [0.1, 0.15) is 25.0 Å². The van der Waals surface area contributed by atoms with E-state index in [0.29, 0.717) is 5.56 Å². The largest absolute Gasteiger partial charge is 0.439 e. The summed E-state index contributed by atoms with van der Waals surface area (Å²) < 4.78 is 50.8. The van der Waals surface area contributed by atoms with Crippen molar-refractivity contribution < 1.29 is 32.2 Å². The van der Waals surface area contributed by atoms with Crippen molar-refractivity contribution in [1.82, 2.24) is 10.3 Å². The number of amides is 3. The first-order chi connectivity index (χ1) is 13.6. The molecule has 2 aliphatic heterocycles. The molecule has 2 aliphatic rings. The number of alkyl halides is 3. The van der Waals surface area contributed by atoms with Crippen molar-refractivity contribution in [3.63, 3.8) is 0 Å². The summed E-state index contributed by atoms with van der Waals surface area (Å²) in [6.07, 6.45) is -3.29. The first-order valence-electron chi connectivity index (χ1n) is 8.72. The molecular formula is C19H16F3N3O4. The molecule has 2 aromatic rings. The number of rotatable bonds is 3. The Morgan fingerprint density at radius 3 is 2.62 bits per heavy atom. The molecule has 1 saturated heterocycles. The third kappa shape index (κ3) is 3.09. The fourth-order valence-corrected chi connectivity index (χ4v) is 3.26. The summed E-state index contributed by atoms with van der Waals surface area (Å²) in [4.78, 5) is 28.9. The highest BCUT2D eigenvalue weighted by molar-refractivity contribution is 6.21. The van der Waals surface area contributed by atoms with Crippen LogP contribution in [0.2, 0.25) is 0 Å². The zero-order valence-corrected chi connectivity index (χ0v) is 15.4. The molecule has 3 heterocycles. The first-order valence-corrected chi connectivity index (χ1v) is 8.72. The molecule has 1 N–H and O–H groups in total. The Hall–Kier alpha value is -3.14. The lowest BCUT2D eigenvalue weighted by Gasteiger charge is -2.27. The fraction of sp³-hybridized carbons (Fsp3) is 0.316. The number of imide groups is 1. The molecule has 7 nitrogen and oxygen atoms in total. The average molecular weight is 407 g/mol. The average Bonchev–Trinajstić information content (AvgIpc) is 3.13. The van der Waals surface area contributed by atoms with E-state index in [2.05, 4.69) is 10.3 Å². The quantitative estimate of drug-likeness (QED) is 0.786. The Bertz CT molecular complexity index is 993. The van der Waals surface area contributed by atoms with Gasteiger partial charge in [0.1, 0.15) is 11.8 Å². The molecule has 0 spiro atoms. The summed E-state index contributed by atoms with van der Waals surface area (Å²) in [6, 6.07) is 6.03. The van der Waals surface area contributed by atoms with Crippen molar-refractivity contribution in [3.05, 3.63) is 47.7 Å². The second kappa shape index (κ2) is 6.45. The molecule has 1 unspecified atom stereocenters. The van der Waals surface area contributed by atoms with Crippen LogP contribution in [0.15, 0.2) is 36.5 Å². The highest BCUT2D eigenvalue weighted by Crippen LogP contribution is 2.48. The minimum atomic E-state index is -4.57. The number of pyridine rings is 1. The number of carbonyl (C=O) groups excluding carboxylic acids is 2. The van der Waals surface area contributed by atoms with Crippen LogP contribution in [-0.2, 0) is 21.7 Å². The van der Waals surface area contributed by atoms with Crippen molar-refractivity contribution in [2.24, 2.45) is 0 Å². The Morgan fingerprint density at radius 2 is 2.03 bits per heavy atom. The van der Waals surface area contributed by atoms with Gasteiger partial charge in [-0.25, -0.2) is 14.7 Å². The SMILES string of the molecule is C[C@H]1NC(=O)N(c2ccc(Oc3ccc4c(c3)C(C)(C(F)(F)F)OC4)nc2)C1=O. The zero-order chi connectivity index (χ0) is 21.0. The number of fused-ring (bicyclic) bond motifs is 1. The van der Waals surface area contributed by atoms with Gasteiger partial charge in [0.2, 0.25) is 5.88 Å². The number of urea groups is 1. The molecule has 152 valence electrons. The summed E-state index contributed by atoms with van der Waals surface area (Å²) in [7, 11) is 0. The van der Waals surface area contributed by atoms with Crippen LogP contribution in [0.25, 0.3) is 0 Å². The van der Waals surface area contributed by atoms with Crippen molar-refractivity contribution in [2.75, 3.05) is 4.90 Å². The standard InChI is InChI=1S/C19H16F3N3O4/c1-10-16(26)25(17(27)24-10)12-4-6-15(23-8-12)29-13-5-3-11-9-28-18(2,14(11)7-13)19(20,21)22/h3-8,10H,9H2,1-2H3,(H,24,27)/t10-,18?/m1/s1. The highest BCUT2D eigenvalue weighted by atomic mass is 19.4. The molecule has 0 bridgehead atoms. The van der Waals surface area contributed by atoms with E-state index in [9.17, 15) is 22.8 Å². The van der Waals surface area contributed by atoms with E-state index in [4.69, 9.17) is 9.47 Å². The molecule has 2 atom stereocenters. The predicted octanol–water partition coefficient (Wildman–Crippen LogP) is 3.63. The molecule has 3 amide bonds. The van der Waals surface area contributed by atoms with Gasteiger partial charge in [-0.3, -0.25) is 4.79 Å². The van der Waals surface area contributed by atoms with E-state index in [1.54, 1.807) is 6.92 Å². The number of benzene rings is 1. The third-order valence-electron chi connectivity index (χ3n) is 4.99. The number of carbonyl (C=O) groups is 2. The van der Waals surface area contributed by atoms with Gasteiger partial charge in [-0.15, -0.1) is 0 Å². The number of nitrogens with one attached hydrogen (secondary N) is 1. The number of nitrogens with zero attached hydrogens (tertiary/aromatic N) is 2. The summed E-state index contributed by atoms with van der Waals surface area (Å²) in [5.74, 6) is -0.148. The predicted molar refractivity (Wildman–Crippen MR) is 94.4 cm³/mol. The van der Waals surface area contributed by atoms with Crippen LogP contribution in [0, 0.1) is 0 Å². The molecule has 0 radical (unpaired) electrons. The smallest absolute Gasteiger partial charge is 0.421 e. The van der Waals surface area contributed by atoms with E-state index >= 15 is 0 Å². The van der Waals surface area contributed by atoms with Gasteiger partial charge in [-0.2, -0.15) is 13.2 Å². The van der Waals surface area contributed by atoms with Gasteiger partial charge in [0.25, 0.3) is 5.91 Å². The van der Waals surface area contributed by atoms with Crippen LogP contribution in [0.5, 0.6) is 11.6 Å². The van der Waals surface area contributed by atoms with Crippen molar-refractivity contribution in [3.8, 4) is 11.6 Å². The number of ether oxygens (including phenoxy) is 2. The molecule has 1 fully saturated rings. The lowest BCUT2D eigenvalue weighted by atomic mass is 9.93. The second-order valence-electron chi connectivity index (χ2n) is 6.94. The van der Waals surface area contributed by atoms with Gasteiger partial charge in [-0.1, -0.05) is 6.07 Å². The van der Waals surface area contributed by atoms with Gasteiger partial charge < -0.3 is 14.8 Å². The third-order valence-corrected chi connectivity index (χ3v) is 4.99. The lowest BCUT2D eigenvalue weighted by Crippen LogP contribution is -2.38. The zero-order valence-electron chi connectivity index (χ0n) is 15.4. The second-order valence-corrected chi connectivity index (χ2v) is 6.94. The van der Waals surface area contributed by atoms with Crippen LogP contribution < -0.4 is 15.0 Å². The summed E-state index contributed by atoms with van der Waals surface area (Å²) in [6.45, 7) is 2.41. The Kier molecular flexibility index (Phi) is 4.26. The summed E-state index contributed by atoms with van der Waals surface area (Å²) in [5, 5.41) is 2.49. The Labute approximate surface area is 163 Å². The van der Waals surface area contributed by atoms with Gasteiger partial charge in [-0.05, 0) is 37.6 Å². The maximum atomic E-state index is 13.4. The molecule has 4 rings (SSSR count). The molecule has 0 aliphatic carbocycles. The van der Waals surface area contributed by atoms with Crippen LogP contribution in [0.3, 0.4) is 0 Å². The molecule has 0 saturated carbocycles. The first kappa shape index (κ1) is 19.2. The van der Waals surface area contributed by atoms with E-state index in [1.807, 2.05) is 0 Å². The summed E-state index contributed by atoms with van der Waals surface area (Å²) in [5.41, 5.74) is -1.71. The lowest BCUT2D eigenvalue weighted by molar-refractivity contribution is -0.272. The van der Waals surface area contributed by atoms with Crippen molar-refractivity contribution in [1.29, 1.82) is 0 Å². The van der Waals surface area contributed by atoms with Crippen LogP contribution in [0.4, 0.5) is 23.7 Å². The minimum Gasteiger partial charge on any atom is -0.439 e. The molecule has 1 aromatic heterocycles. The summed E-state index contributed by atoms with van der Waals surface area (Å²) >= 11 is 0. The maximum Gasteiger partial charge on any atom is 0.421 e. The van der Waals surface area contributed by atoms with Gasteiger partial charge in [0.15, 0.2) is 5.60 Å². The topological polar surface area (TPSA) is 80.8 Å². The molecular weight excluding hydrogens is 391 g/mol. The molecule has 1 aromatic carbocycles. The minimum absolute atomic E-state index is 0.00700. The monoisotopic (exact) mass is 407 g/mol. The van der Waals surface area contributed by atoms with Crippen LogP contribution >= 0.6 is 0 Å². The number of aromatic nitrogens is 1. The number of halogens is 3. The van der Waals surface area contributed by atoms with Crippen LogP contribution in [-0.4, -0.2) is 29.1 Å². The molecule has 29 heavy (non-hydrogen) atoms. The van der Waals surface area contributed by atoms with Crippen molar-refractivity contribution in [2.45, 2.75) is 38.3 Å². The number of hydrogen-bond acceptors (Lipinski definition) is 5. The van der Waals surface area contributed by atoms with E-state index in [0.717, 1.165) is 11.8 Å². The number of hydrogen-bond donors (Lipinski definition) is 1. The van der Waals surface area contributed by atoms with E-state index in [-0.39, 0.29) is 29.5 Å². The van der Waals surface area contributed by atoms with E-state index in [1.165, 1.54) is 36.5 Å². The Balaban J connectivity index is 1.56. The normalized spacial score (nSPS) is 23.9.